The van der Waals surface area contributed by atoms with Crippen molar-refractivity contribution in [3.63, 3.8) is 0 Å². The van der Waals surface area contributed by atoms with E-state index in [0.717, 1.165) is 5.56 Å². The van der Waals surface area contributed by atoms with Gasteiger partial charge in [0.1, 0.15) is 6.10 Å². The summed E-state index contributed by atoms with van der Waals surface area (Å²) in [5.41, 5.74) is 0.870. The van der Waals surface area contributed by atoms with Crippen LogP contribution in [-0.4, -0.2) is 33.2 Å². The van der Waals surface area contributed by atoms with Crippen LogP contribution in [0.2, 0.25) is 0 Å². The minimum Gasteiger partial charge on any atom is -0.493 e. The fourth-order valence-electron chi connectivity index (χ4n) is 2.06. The number of ether oxygens (including phenoxy) is 4. The third kappa shape index (κ3) is 3.56. The van der Waals surface area contributed by atoms with E-state index in [9.17, 15) is 4.79 Å². The molecule has 1 aromatic rings. The normalized spacial score (nSPS) is 17.7. The molecule has 0 fully saturated rings. The molecule has 0 spiro atoms. The Morgan fingerprint density at radius 2 is 1.81 bits per heavy atom. The Labute approximate surface area is 123 Å². The van der Waals surface area contributed by atoms with Gasteiger partial charge in [-0.05, 0) is 23.8 Å². The first-order chi connectivity index (χ1) is 10.2. The Balaban J connectivity index is 2.23. The van der Waals surface area contributed by atoms with Gasteiger partial charge >= 0.3 is 0 Å². The van der Waals surface area contributed by atoms with Crippen molar-refractivity contribution in [2.45, 2.75) is 12.5 Å². The highest BCUT2D eigenvalue weighted by molar-refractivity contribution is 5.90. The fraction of sp³-hybridized carbons (Fsp3) is 0.312. The van der Waals surface area contributed by atoms with Gasteiger partial charge in [-0.3, -0.25) is 4.79 Å². The van der Waals surface area contributed by atoms with Gasteiger partial charge in [0, 0.05) is 6.08 Å². The molecule has 21 heavy (non-hydrogen) atoms. The zero-order valence-corrected chi connectivity index (χ0v) is 12.3. The summed E-state index contributed by atoms with van der Waals surface area (Å²) in [5.74, 6) is 1.76. The lowest BCUT2D eigenvalue weighted by Crippen LogP contribution is -2.15. The van der Waals surface area contributed by atoms with Gasteiger partial charge < -0.3 is 18.9 Å². The molecule has 0 radical (unpaired) electrons. The van der Waals surface area contributed by atoms with Crippen LogP contribution in [0.5, 0.6) is 17.2 Å². The van der Waals surface area contributed by atoms with Crippen molar-refractivity contribution in [1.82, 2.24) is 0 Å². The van der Waals surface area contributed by atoms with E-state index in [-0.39, 0.29) is 11.9 Å². The maximum absolute atomic E-state index is 11.3. The van der Waals surface area contributed by atoms with E-state index >= 15 is 0 Å². The molecule has 0 amide bonds. The van der Waals surface area contributed by atoms with Crippen molar-refractivity contribution in [3.8, 4) is 17.2 Å². The molecule has 0 N–H and O–H groups in total. The average molecular weight is 290 g/mol. The summed E-state index contributed by atoms with van der Waals surface area (Å²) in [7, 11) is 4.70. The third-order valence-electron chi connectivity index (χ3n) is 3.10. The summed E-state index contributed by atoms with van der Waals surface area (Å²) < 4.78 is 21.2. The number of methoxy groups -OCH3 is 3. The number of ketones is 1. The molecule has 1 aromatic carbocycles. The summed E-state index contributed by atoms with van der Waals surface area (Å²) in [6.07, 6.45) is 6.66. The molecule has 5 nitrogen and oxygen atoms in total. The number of carbonyl (C=O) groups is 1. The van der Waals surface area contributed by atoms with E-state index in [2.05, 4.69) is 0 Å². The van der Waals surface area contributed by atoms with Crippen LogP contribution in [0.4, 0.5) is 0 Å². The maximum Gasteiger partial charge on any atom is 0.203 e. The van der Waals surface area contributed by atoms with Crippen LogP contribution in [0.25, 0.3) is 6.08 Å². The summed E-state index contributed by atoms with van der Waals surface area (Å²) >= 11 is 0. The largest absolute Gasteiger partial charge is 0.493 e. The van der Waals surface area contributed by atoms with Crippen molar-refractivity contribution in [3.05, 3.63) is 36.1 Å². The second kappa shape index (κ2) is 6.83. The first kappa shape index (κ1) is 15.0. The van der Waals surface area contributed by atoms with Crippen molar-refractivity contribution in [2.75, 3.05) is 21.3 Å². The molecular weight excluding hydrogens is 272 g/mol. The lowest BCUT2D eigenvalue weighted by atomic mass is 10.1. The fourth-order valence-corrected chi connectivity index (χ4v) is 2.06. The Morgan fingerprint density at radius 3 is 2.33 bits per heavy atom. The molecule has 5 heteroatoms. The smallest absolute Gasteiger partial charge is 0.203 e. The second-order valence-corrected chi connectivity index (χ2v) is 4.47. The minimum atomic E-state index is -0.249. The molecule has 2 rings (SSSR count). The molecule has 1 aliphatic heterocycles. The molecule has 0 saturated heterocycles. The number of carbonyl (C=O) groups excluding carboxylic acids is 1. The van der Waals surface area contributed by atoms with E-state index in [1.165, 1.54) is 12.3 Å². The van der Waals surface area contributed by atoms with E-state index in [1.54, 1.807) is 21.3 Å². The van der Waals surface area contributed by atoms with Crippen molar-refractivity contribution in [1.29, 1.82) is 0 Å². The standard InChI is InChI=1S/C16H18O5/c1-18-14-8-11(9-15(19-2)16(14)20-3)4-5-13-10-12(17)6-7-21-13/h4-9,13H,10H2,1-3H3/b5-4+. The first-order valence-electron chi connectivity index (χ1n) is 6.51. The average Bonchev–Trinajstić information content (AvgIpc) is 2.51. The Kier molecular flexibility index (Phi) is 4.87. The Bertz CT molecular complexity index is 549. The number of benzene rings is 1. The number of rotatable bonds is 5. The minimum absolute atomic E-state index is 0.0563. The van der Waals surface area contributed by atoms with Crippen LogP contribution in [0.15, 0.2) is 30.5 Å². The number of hydrogen-bond donors (Lipinski definition) is 0. The SMILES string of the molecule is COc1cc(/C=C/C2CC(=O)C=CO2)cc(OC)c1OC. The topological polar surface area (TPSA) is 54.0 Å². The maximum atomic E-state index is 11.3. The summed E-state index contributed by atoms with van der Waals surface area (Å²) in [6, 6.07) is 3.66. The molecule has 0 aliphatic carbocycles. The predicted molar refractivity (Wildman–Crippen MR) is 78.8 cm³/mol. The Morgan fingerprint density at radius 1 is 1.14 bits per heavy atom. The summed E-state index contributed by atoms with van der Waals surface area (Å²) in [5, 5.41) is 0. The molecule has 0 saturated carbocycles. The molecule has 1 atom stereocenters. The van der Waals surface area contributed by atoms with Crippen LogP contribution in [0, 0.1) is 0 Å². The zero-order chi connectivity index (χ0) is 15.2. The molecule has 1 aliphatic rings. The van der Waals surface area contributed by atoms with Gasteiger partial charge in [0.25, 0.3) is 0 Å². The van der Waals surface area contributed by atoms with Gasteiger partial charge in [0.2, 0.25) is 5.75 Å². The summed E-state index contributed by atoms with van der Waals surface area (Å²) in [6.45, 7) is 0. The molecule has 0 bridgehead atoms. The predicted octanol–water partition coefficient (Wildman–Crippen LogP) is 2.60. The van der Waals surface area contributed by atoms with Crippen molar-refractivity contribution < 1.29 is 23.7 Å². The molecule has 0 aromatic heterocycles. The first-order valence-corrected chi connectivity index (χ1v) is 6.51. The van der Waals surface area contributed by atoms with Crippen LogP contribution < -0.4 is 14.2 Å². The van der Waals surface area contributed by atoms with Gasteiger partial charge in [-0.15, -0.1) is 0 Å². The summed E-state index contributed by atoms with van der Waals surface area (Å²) in [4.78, 5) is 11.3. The van der Waals surface area contributed by atoms with Crippen molar-refractivity contribution >= 4 is 11.9 Å². The number of hydrogen-bond acceptors (Lipinski definition) is 5. The molecular formula is C16H18O5. The van der Waals surface area contributed by atoms with E-state index < -0.39 is 0 Å². The highest BCUT2D eigenvalue weighted by Crippen LogP contribution is 2.38. The van der Waals surface area contributed by atoms with E-state index in [1.807, 2.05) is 24.3 Å². The molecule has 112 valence electrons. The lowest BCUT2D eigenvalue weighted by molar-refractivity contribution is -0.117. The van der Waals surface area contributed by atoms with Gasteiger partial charge in [-0.1, -0.05) is 6.08 Å². The van der Waals surface area contributed by atoms with Crippen LogP contribution in [0.1, 0.15) is 12.0 Å². The van der Waals surface area contributed by atoms with E-state index in [0.29, 0.717) is 23.7 Å². The lowest BCUT2D eigenvalue weighted by Gasteiger charge is -2.15. The van der Waals surface area contributed by atoms with Crippen LogP contribution in [-0.2, 0) is 9.53 Å². The second-order valence-electron chi connectivity index (χ2n) is 4.47. The zero-order valence-electron chi connectivity index (χ0n) is 12.3. The monoisotopic (exact) mass is 290 g/mol. The third-order valence-corrected chi connectivity index (χ3v) is 3.10. The number of allylic oxidation sites excluding steroid dienone is 1. The molecule has 1 heterocycles. The van der Waals surface area contributed by atoms with Crippen molar-refractivity contribution in [2.24, 2.45) is 0 Å². The van der Waals surface area contributed by atoms with E-state index in [4.69, 9.17) is 18.9 Å². The van der Waals surface area contributed by atoms with Crippen LogP contribution in [0.3, 0.4) is 0 Å². The Hall–Kier alpha value is -2.43. The quantitative estimate of drug-likeness (QED) is 0.834. The van der Waals surface area contributed by atoms with Gasteiger partial charge in [0.15, 0.2) is 17.3 Å². The van der Waals surface area contributed by atoms with Gasteiger partial charge in [-0.2, -0.15) is 0 Å². The molecule has 1 unspecified atom stereocenters. The van der Waals surface area contributed by atoms with Crippen LogP contribution >= 0.6 is 0 Å². The van der Waals surface area contributed by atoms with Gasteiger partial charge in [0.05, 0.1) is 34.0 Å². The highest BCUT2D eigenvalue weighted by Gasteiger charge is 2.15. The highest BCUT2D eigenvalue weighted by atomic mass is 16.5. The van der Waals surface area contributed by atoms with Gasteiger partial charge in [-0.25, -0.2) is 0 Å².